The Balaban J connectivity index is 0.00000338. The largest absolute Gasteiger partial charge is 0.381 e. The van der Waals surface area contributed by atoms with Gasteiger partial charge in [0.1, 0.15) is 5.82 Å². The molecule has 26 heavy (non-hydrogen) atoms. The maximum atomic E-state index is 13.2. The molecule has 1 heterocycles. The van der Waals surface area contributed by atoms with Gasteiger partial charge in [0.25, 0.3) is 0 Å². The van der Waals surface area contributed by atoms with Gasteiger partial charge in [0.05, 0.1) is 0 Å². The third-order valence-electron chi connectivity index (χ3n) is 5.17. The van der Waals surface area contributed by atoms with E-state index in [1.807, 2.05) is 13.0 Å². The number of halogens is 2. The van der Waals surface area contributed by atoms with E-state index < -0.39 is 0 Å². The highest BCUT2D eigenvalue weighted by molar-refractivity contribution is 14.0. The number of benzene rings is 1. The number of rotatable bonds is 6. The third kappa shape index (κ3) is 6.35. The summed E-state index contributed by atoms with van der Waals surface area (Å²) >= 11 is 0. The maximum absolute atomic E-state index is 13.2. The predicted molar refractivity (Wildman–Crippen MR) is 116 cm³/mol. The number of nitrogens with zero attached hydrogens (tertiary/aromatic N) is 2. The molecule has 1 saturated heterocycles. The van der Waals surface area contributed by atoms with Gasteiger partial charge in [0, 0.05) is 38.9 Å². The fourth-order valence-corrected chi connectivity index (χ4v) is 3.26. The van der Waals surface area contributed by atoms with E-state index in [4.69, 9.17) is 4.74 Å². The lowest BCUT2D eigenvalue weighted by molar-refractivity contribution is -0.00500. The molecule has 0 spiro atoms. The summed E-state index contributed by atoms with van der Waals surface area (Å²) in [5.74, 6) is 0.615. The second-order valence-electron chi connectivity index (χ2n) is 6.90. The van der Waals surface area contributed by atoms with Crippen LogP contribution < -0.4 is 10.6 Å². The van der Waals surface area contributed by atoms with Crippen LogP contribution in [-0.4, -0.2) is 63.8 Å². The highest BCUT2D eigenvalue weighted by Crippen LogP contribution is 2.24. The molecule has 1 fully saturated rings. The molecule has 2 rings (SSSR count). The number of nitrogens with one attached hydrogen (secondary N) is 2. The summed E-state index contributed by atoms with van der Waals surface area (Å²) in [6.45, 7) is 5.13. The molecule has 2 N–H and O–H groups in total. The van der Waals surface area contributed by atoms with Crippen molar-refractivity contribution in [1.82, 2.24) is 15.5 Å². The predicted octanol–water partition coefficient (Wildman–Crippen LogP) is 2.57. The van der Waals surface area contributed by atoms with Crippen LogP contribution in [-0.2, 0) is 11.2 Å². The second kappa shape index (κ2) is 11.0. The molecule has 1 aromatic rings. The van der Waals surface area contributed by atoms with Gasteiger partial charge in [-0.2, -0.15) is 0 Å². The van der Waals surface area contributed by atoms with Gasteiger partial charge in [-0.05, 0) is 63.5 Å². The third-order valence-corrected chi connectivity index (χ3v) is 5.17. The summed E-state index contributed by atoms with van der Waals surface area (Å²) in [6.07, 6.45) is 2.86. The Morgan fingerprint density at radius 1 is 1.27 bits per heavy atom. The topological polar surface area (TPSA) is 48.9 Å². The van der Waals surface area contributed by atoms with Crippen molar-refractivity contribution >= 4 is 29.9 Å². The van der Waals surface area contributed by atoms with E-state index in [-0.39, 0.29) is 35.3 Å². The normalized spacial score (nSPS) is 16.9. The maximum Gasteiger partial charge on any atom is 0.191 e. The van der Waals surface area contributed by atoms with Crippen molar-refractivity contribution in [2.24, 2.45) is 4.99 Å². The van der Waals surface area contributed by atoms with Crippen molar-refractivity contribution < 1.29 is 9.13 Å². The van der Waals surface area contributed by atoms with E-state index >= 15 is 0 Å². The van der Waals surface area contributed by atoms with Crippen LogP contribution in [0.3, 0.4) is 0 Å². The minimum Gasteiger partial charge on any atom is -0.381 e. The van der Waals surface area contributed by atoms with Crippen LogP contribution >= 0.6 is 24.0 Å². The Hall–Kier alpha value is -0.930. The van der Waals surface area contributed by atoms with Crippen LogP contribution in [0.4, 0.5) is 4.39 Å². The van der Waals surface area contributed by atoms with Gasteiger partial charge in [-0.25, -0.2) is 4.39 Å². The average Bonchev–Trinajstić information content (AvgIpc) is 2.60. The highest BCUT2D eigenvalue weighted by Gasteiger charge is 2.34. The summed E-state index contributed by atoms with van der Waals surface area (Å²) < 4.78 is 18.7. The SMILES string of the molecule is CN=C(NCCc1ccc(F)cc1C)NCC1(N(C)C)CCOCC1.I. The number of guanidine groups is 1. The van der Waals surface area contributed by atoms with Crippen molar-refractivity contribution in [3.63, 3.8) is 0 Å². The lowest BCUT2D eigenvalue weighted by Crippen LogP contribution is -2.57. The van der Waals surface area contributed by atoms with E-state index in [1.54, 1.807) is 13.1 Å². The zero-order chi connectivity index (χ0) is 18.3. The Bertz CT molecular complexity index is 589. The molecule has 0 bridgehead atoms. The van der Waals surface area contributed by atoms with Crippen LogP contribution in [0.15, 0.2) is 23.2 Å². The number of hydrogen-bond donors (Lipinski definition) is 2. The number of aryl methyl sites for hydroxylation is 1. The Labute approximate surface area is 173 Å². The zero-order valence-electron chi connectivity index (χ0n) is 16.3. The van der Waals surface area contributed by atoms with Gasteiger partial charge in [0.15, 0.2) is 5.96 Å². The summed E-state index contributed by atoms with van der Waals surface area (Å²) in [4.78, 5) is 6.60. The minimum atomic E-state index is -0.183. The van der Waals surface area contributed by atoms with E-state index in [2.05, 4.69) is 34.6 Å². The van der Waals surface area contributed by atoms with Crippen molar-refractivity contribution in [3.05, 3.63) is 35.1 Å². The average molecular weight is 478 g/mol. The van der Waals surface area contributed by atoms with Crippen LogP contribution in [0.5, 0.6) is 0 Å². The Kier molecular flexibility index (Phi) is 9.81. The van der Waals surface area contributed by atoms with Crippen molar-refractivity contribution in [2.45, 2.75) is 31.7 Å². The molecular weight excluding hydrogens is 446 g/mol. The van der Waals surface area contributed by atoms with Gasteiger partial charge in [-0.15, -0.1) is 24.0 Å². The lowest BCUT2D eigenvalue weighted by atomic mass is 9.88. The van der Waals surface area contributed by atoms with Crippen LogP contribution in [0.25, 0.3) is 0 Å². The molecule has 0 atom stereocenters. The molecule has 1 aromatic carbocycles. The fourth-order valence-electron chi connectivity index (χ4n) is 3.26. The van der Waals surface area contributed by atoms with E-state index in [0.29, 0.717) is 0 Å². The first-order valence-corrected chi connectivity index (χ1v) is 8.91. The summed E-state index contributed by atoms with van der Waals surface area (Å²) in [6, 6.07) is 4.95. The molecule has 5 nitrogen and oxygen atoms in total. The molecule has 0 radical (unpaired) electrons. The monoisotopic (exact) mass is 478 g/mol. The summed E-state index contributed by atoms with van der Waals surface area (Å²) in [5, 5.41) is 6.80. The molecule has 1 aliphatic rings. The number of aliphatic imine (C=N–C) groups is 1. The van der Waals surface area contributed by atoms with Gasteiger partial charge in [-0.1, -0.05) is 6.07 Å². The first kappa shape index (κ1) is 23.1. The number of hydrogen-bond acceptors (Lipinski definition) is 3. The van der Waals surface area contributed by atoms with Gasteiger partial charge < -0.3 is 20.3 Å². The van der Waals surface area contributed by atoms with Crippen molar-refractivity contribution in [1.29, 1.82) is 0 Å². The lowest BCUT2D eigenvalue weighted by Gasteiger charge is -2.43. The Morgan fingerprint density at radius 3 is 2.54 bits per heavy atom. The molecular formula is C19H32FIN4O. The fraction of sp³-hybridized carbons (Fsp3) is 0.632. The highest BCUT2D eigenvalue weighted by atomic mass is 127. The van der Waals surface area contributed by atoms with Gasteiger partial charge in [-0.3, -0.25) is 4.99 Å². The molecule has 0 unspecified atom stereocenters. The first-order chi connectivity index (χ1) is 12.0. The molecule has 0 aromatic heterocycles. The molecule has 0 aliphatic carbocycles. The molecule has 0 amide bonds. The smallest absolute Gasteiger partial charge is 0.191 e. The van der Waals surface area contributed by atoms with E-state index in [0.717, 1.165) is 62.7 Å². The van der Waals surface area contributed by atoms with Crippen molar-refractivity contribution in [3.8, 4) is 0 Å². The van der Waals surface area contributed by atoms with Crippen LogP contribution in [0, 0.1) is 12.7 Å². The Morgan fingerprint density at radius 2 is 1.96 bits per heavy atom. The van der Waals surface area contributed by atoms with Crippen LogP contribution in [0.1, 0.15) is 24.0 Å². The summed E-state index contributed by atoms with van der Waals surface area (Å²) in [7, 11) is 6.03. The van der Waals surface area contributed by atoms with E-state index in [9.17, 15) is 4.39 Å². The minimum absolute atomic E-state index is 0. The van der Waals surface area contributed by atoms with Gasteiger partial charge >= 0.3 is 0 Å². The number of likely N-dealkylation sites (N-methyl/N-ethyl adjacent to an activating group) is 1. The van der Waals surface area contributed by atoms with Crippen LogP contribution in [0.2, 0.25) is 0 Å². The quantitative estimate of drug-likeness (QED) is 0.375. The second-order valence-corrected chi connectivity index (χ2v) is 6.90. The molecule has 7 heteroatoms. The molecule has 0 saturated carbocycles. The zero-order valence-corrected chi connectivity index (χ0v) is 18.6. The molecule has 148 valence electrons. The molecule has 1 aliphatic heterocycles. The first-order valence-electron chi connectivity index (χ1n) is 8.91. The van der Waals surface area contributed by atoms with Crippen molar-refractivity contribution in [2.75, 3.05) is 47.4 Å². The van der Waals surface area contributed by atoms with E-state index in [1.165, 1.54) is 6.07 Å². The number of ether oxygens (including phenoxy) is 1. The van der Waals surface area contributed by atoms with Gasteiger partial charge in [0.2, 0.25) is 0 Å². The standard InChI is InChI=1S/C19H31FN4O.HI/c1-15-13-17(20)6-5-16(15)7-10-22-18(21-2)23-14-19(24(3)4)8-11-25-12-9-19;/h5-6,13H,7-12,14H2,1-4H3,(H2,21,22,23);1H. The summed E-state index contributed by atoms with van der Waals surface area (Å²) in [5.41, 5.74) is 2.24.